The third-order valence-corrected chi connectivity index (χ3v) is 4.77. The van der Waals surface area contributed by atoms with Crippen molar-refractivity contribution in [1.82, 2.24) is 10.6 Å². The van der Waals surface area contributed by atoms with Crippen molar-refractivity contribution in [3.8, 4) is 11.5 Å². The van der Waals surface area contributed by atoms with Crippen LogP contribution < -0.4 is 15.4 Å². The number of ether oxygens (including phenoxy) is 1. The van der Waals surface area contributed by atoms with Crippen LogP contribution in [-0.4, -0.2) is 24.0 Å². The van der Waals surface area contributed by atoms with E-state index in [1.807, 2.05) is 12.1 Å². The second-order valence-electron chi connectivity index (χ2n) is 6.98. The zero-order valence-electron chi connectivity index (χ0n) is 17.0. The average Bonchev–Trinajstić information content (AvgIpc) is 2.79. The maximum absolute atomic E-state index is 13.2. The van der Waals surface area contributed by atoms with Crippen molar-refractivity contribution < 1.29 is 23.8 Å². The number of halogens is 1. The van der Waals surface area contributed by atoms with Gasteiger partial charge in [0.15, 0.2) is 0 Å². The third kappa shape index (κ3) is 6.30. The van der Waals surface area contributed by atoms with Gasteiger partial charge in [-0.15, -0.1) is 0 Å². The predicted octanol–water partition coefficient (Wildman–Crippen LogP) is 3.26. The molecule has 0 aliphatic carbocycles. The summed E-state index contributed by atoms with van der Waals surface area (Å²) in [5, 5.41) is 14.6. The van der Waals surface area contributed by atoms with Gasteiger partial charge in [-0.3, -0.25) is 9.59 Å². The van der Waals surface area contributed by atoms with Gasteiger partial charge >= 0.3 is 11.8 Å². The van der Waals surface area contributed by atoms with Crippen molar-refractivity contribution >= 4 is 11.8 Å². The van der Waals surface area contributed by atoms with Gasteiger partial charge in [-0.1, -0.05) is 36.4 Å². The minimum atomic E-state index is -0.776. The van der Waals surface area contributed by atoms with E-state index in [0.717, 1.165) is 16.7 Å². The summed E-state index contributed by atoms with van der Waals surface area (Å²) in [5.74, 6) is -1.10. The molecule has 6 nitrogen and oxygen atoms in total. The molecule has 0 saturated carbocycles. The van der Waals surface area contributed by atoms with Gasteiger partial charge in [-0.2, -0.15) is 0 Å². The van der Waals surface area contributed by atoms with Gasteiger partial charge in [0.05, 0.1) is 13.2 Å². The molecule has 31 heavy (non-hydrogen) atoms. The fourth-order valence-corrected chi connectivity index (χ4v) is 3.04. The minimum absolute atomic E-state index is 0.121. The number of hydrogen-bond acceptors (Lipinski definition) is 4. The SMILES string of the molecule is COc1ccc(C(Cc2ccc(F)cc2)NC(=O)C(=O)NCc2ccc(O)cc2)cc1. The summed E-state index contributed by atoms with van der Waals surface area (Å²) >= 11 is 0. The van der Waals surface area contributed by atoms with Crippen LogP contribution in [0.4, 0.5) is 4.39 Å². The summed E-state index contributed by atoms with van der Waals surface area (Å²) in [6.45, 7) is 0.150. The quantitative estimate of drug-likeness (QED) is 0.510. The fraction of sp³-hybridized carbons (Fsp3) is 0.167. The molecule has 0 radical (unpaired) electrons. The summed E-state index contributed by atoms with van der Waals surface area (Å²) in [6.07, 6.45) is 0.379. The molecular weight excluding hydrogens is 399 g/mol. The van der Waals surface area contributed by atoms with E-state index in [-0.39, 0.29) is 18.1 Å². The summed E-state index contributed by atoms with van der Waals surface area (Å²) < 4.78 is 18.4. The smallest absolute Gasteiger partial charge is 0.309 e. The molecule has 0 heterocycles. The Bertz CT molecular complexity index is 1020. The molecule has 3 aromatic rings. The molecule has 0 spiro atoms. The molecule has 160 valence electrons. The molecular formula is C24H23FN2O4. The fourth-order valence-electron chi connectivity index (χ4n) is 3.04. The molecule has 7 heteroatoms. The zero-order chi connectivity index (χ0) is 22.2. The lowest BCUT2D eigenvalue weighted by molar-refractivity contribution is -0.139. The minimum Gasteiger partial charge on any atom is -0.508 e. The first-order valence-electron chi connectivity index (χ1n) is 9.69. The lowest BCUT2D eigenvalue weighted by Gasteiger charge is -2.20. The summed E-state index contributed by atoms with van der Waals surface area (Å²) in [6, 6.07) is 19.0. The number of benzene rings is 3. The van der Waals surface area contributed by atoms with Crippen LogP contribution in [0.25, 0.3) is 0 Å². The number of aromatic hydroxyl groups is 1. The molecule has 3 N–H and O–H groups in total. The number of nitrogens with one attached hydrogen (secondary N) is 2. The van der Waals surface area contributed by atoms with Crippen LogP contribution in [0.2, 0.25) is 0 Å². The zero-order valence-corrected chi connectivity index (χ0v) is 17.0. The summed E-state index contributed by atoms with van der Waals surface area (Å²) in [4.78, 5) is 24.8. The van der Waals surface area contributed by atoms with Crippen LogP contribution >= 0.6 is 0 Å². The molecule has 0 aromatic heterocycles. The normalized spacial score (nSPS) is 11.4. The van der Waals surface area contributed by atoms with Crippen molar-refractivity contribution in [2.45, 2.75) is 19.0 Å². The Morgan fingerprint density at radius 2 is 1.52 bits per heavy atom. The van der Waals surface area contributed by atoms with Gasteiger partial charge in [0.25, 0.3) is 0 Å². The number of carbonyl (C=O) groups excluding carboxylic acids is 2. The molecule has 0 fully saturated rings. The van der Waals surface area contributed by atoms with Gasteiger partial charge in [0.1, 0.15) is 17.3 Å². The number of carbonyl (C=O) groups is 2. The Kier molecular flexibility index (Phi) is 7.22. The number of methoxy groups -OCH3 is 1. The van der Waals surface area contributed by atoms with E-state index in [1.165, 1.54) is 24.3 Å². The van der Waals surface area contributed by atoms with E-state index in [2.05, 4.69) is 10.6 Å². The second-order valence-corrected chi connectivity index (χ2v) is 6.98. The van der Waals surface area contributed by atoms with E-state index in [9.17, 15) is 19.1 Å². The Hall–Kier alpha value is -3.87. The highest BCUT2D eigenvalue weighted by Crippen LogP contribution is 2.22. The monoisotopic (exact) mass is 422 g/mol. The number of hydrogen-bond donors (Lipinski definition) is 3. The first-order chi connectivity index (χ1) is 14.9. The summed E-state index contributed by atoms with van der Waals surface area (Å²) in [5.41, 5.74) is 2.34. The highest BCUT2D eigenvalue weighted by molar-refractivity contribution is 6.35. The van der Waals surface area contributed by atoms with Crippen LogP contribution in [0.5, 0.6) is 11.5 Å². The van der Waals surface area contributed by atoms with Crippen LogP contribution in [0.15, 0.2) is 72.8 Å². The van der Waals surface area contributed by atoms with Crippen molar-refractivity contribution in [2.75, 3.05) is 7.11 Å². The standard InChI is InChI=1S/C24H23FN2O4/c1-31-21-12-6-18(7-13-21)22(14-16-2-8-19(25)9-3-16)27-24(30)23(29)26-15-17-4-10-20(28)11-5-17/h2-13,22,28H,14-15H2,1H3,(H,26,29)(H,27,30). The van der Waals surface area contributed by atoms with Crippen LogP contribution in [-0.2, 0) is 22.6 Å². The van der Waals surface area contributed by atoms with Crippen molar-refractivity contribution in [2.24, 2.45) is 0 Å². The maximum Gasteiger partial charge on any atom is 0.309 e. The van der Waals surface area contributed by atoms with E-state index in [4.69, 9.17) is 4.74 Å². The average molecular weight is 422 g/mol. The predicted molar refractivity (Wildman–Crippen MR) is 114 cm³/mol. The van der Waals surface area contributed by atoms with E-state index in [0.29, 0.717) is 12.2 Å². The van der Waals surface area contributed by atoms with Crippen molar-refractivity contribution in [3.63, 3.8) is 0 Å². The van der Waals surface area contributed by atoms with Gasteiger partial charge in [0.2, 0.25) is 0 Å². The third-order valence-electron chi connectivity index (χ3n) is 4.77. The second kappa shape index (κ2) is 10.2. The van der Waals surface area contributed by atoms with Crippen molar-refractivity contribution in [1.29, 1.82) is 0 Å². The Morgan fingerprint density at radius 3 is 2.13 bits per heavy atom. The maximum atomic E-state index is 13.2. The van der Waals surface area contributed by atoms with E-state index < -0.39 is 17.9 Å². The van der Waals surface area contributed by atoms with E-state index in [1.54, 1.807) is 43.5 Å². The molecule has 0 aliphatic rings. The highest BCUT2D eigenvalue weighted by Gasteiger charge is 2.20. The van der Waals surface area contributed by atoms with Gasteiger partial charge in [0, 0.05) is 6.54 Å². The Labute approximate surface area is 179 Å². The first kappa shape index (κ1) is 21.8. The first-order valence-corrected chi connectivity index (χ1v) is 9.69. The molecule has 0 saturated heterocycles. The molecule has 1 atom stereocenters. The van der Waals surface area contributed by atoms with Crippen LogP contribution in [0, 0.1) is 5.82 Å². The number of phenolic OH excluding ortho intramolecular Hbond substituents is 1. The van der Waals surface area contributed by atoms with Crippen molar-refractivity contribution in [3.05, 3.63) is 95.3 Å². The highest BCUT2D eigenvalue weighted by atomic mass is 19.1. The van der Waals surface area contributed by atoms with Crippen LogP contribution in [0.1, 0.15) is 22.7 Å². The number of rotatable bonds is 7. The molecule has 1 unspecified atom stereocenters. The van der Waals surface area contributed by atoms with Gasteiger partial charge in [-0.05, 0) is 59.5 Å². The molecule has 3 aromatic carbocycles. The molecule has 2 amide bonds. The van der Waals surface area contributed by atoms with Crippen LogP contribution in [0.3, 0.4) is 0 Å². The molecule has 0 bridgehead atoms. The molecule has 3 rings (SSSR count). The lowest BCUT2D eigenvalue weighted by atomic mass is 9.98. The Balaban J connectivity index is 1.69. The summed E-state index contributed by atoms with van der Waals surface area (Å²) in [7, 11) is 1.56. The molecule has 0 aliphatic heterocycles. The largest absolute Gasteiger partial charge is 0.508 e. The van der Waals surface area contributed by atoms with Gasteiger partial charge < -0.3 is 20.5 Å². The number of amides is 2. The lowest BCUT2D eigenvalue weighted by Crippen LogP contribution is -2.41. The van der Waals surface area contributed by atoms with Gasteiger partial charge in [-0.25, -0.2) is 4.39 Å². The van der Waals surface area contributed by atoms with E-state index >= 15 is 0 Å². The topological polar surface area (TPSA) is 87.7 Å². The Morgan fingerprint density at radius 1 is 0.903 bits per heavy atom. The number of phenols is 1.